The summed E-state index contributed by atoms with van der Waals surface area (Å²) in [5.74, 6) is 0.536. The number of rotatable bonds is 2. The fourth-order valence-corrected chi connectivity index (χ4v) is 1.53. The van der Waals surface area contributed by atoms with E-state index in [1.54, 1.807) is 0 Å². The molecule has 13 heavy (non-hydrogen) atoms. The summed E-state index contributed by atoms with van der Waals surface area (Å²) < 4.78 is 5.18. The van der Waals surface area contributed by atoms with Crippen LogP contribution in [0.2, 0.25) is 0 Å². The van der Waals surface area contributed by atoms with Crippen LogP contribution < -0.4 is 0 Å². The summed E-state index contributed by atoms with van der Waals surface area (Å²) in [5.41, 5.74) is 0. The molecule has 76 valence electrons. The number of hydrogen-bond donors (Lipinski definition) is 0. The third-order valence-corrected chi connectivity index (χ3v) is 3.59. The Kier molecular flexibility index (Phi) is 4.19. The van der Waals surface area contributed by atoms with Crippen molar-refractivity contribution in [2.24, 2.45) is 5.92 Å². The normalized spacial score (nSPS) is 20.5. The number of ether oxygens (including phenoxy) is 1. The number of morpholine rings is 1. The van der Waals surface area contributed by atoms with Crippen molar-refractivity contribution in [3.63, 3.8) is 0 Å². The van der Waals surface area contributed by atoms with E-state index in [4.69, 9.17) is 4.74 Å². The number of hydrogen-bond acceptors (Lipinski definition) is 2. The SMILES string of the molecule is CC(C)C(Br)C(=O)N1CCOCC1. The molecule has 0 spiro atoms. The zero-order valence-electron chi connectivity index (χ0n) is 8.12. The minimum absolute atomic E-state index is 0.0504. The van der Waals surface area contributed by atoms with Gasteiger partial charge in [0.2, 0.25) is 5.91 Å². The van der Waals surface area contributed by atoms with Crippen LogP contribution in [0.5, 0.6) is 0 Å². The lowest BCUT2D eigenvalue weighted by atomic mass is 10.1. The highest BCUT2D eigenvalue weighted by molar-refractivity contribution is 9.10. The van der Waals surface area contributed by atoms with Crippen LogP contribution in [0.15, 0.2) is 0 Å². The van der Waals surface area contributed by atoms with E-state index >= 15 is 0 Å². The van der Waals surface area contributed by atoms with Crippen LogP contribution in [-0.4, -0.2) is 41.9 Å². The van der Waals surface area contributed by atoms with Crippen LogP contribution >= 0.6 is 15.9 Å². The molecule has 1 aliphatic heterocycles. The fraction of sp³-hybridized carbons (Fsp3) is 0.889. The Labute approximate surface area is 87.6 Å². The van der Waals surface area contributed by atoms with Crippen molar-refractivity contribution < 1.29 is 9.53 Å². The number of amides is 1. The van der Waals surface area contributed by atoms with Crippen molar-refractivity contribution in [1.29, 1.82) is 0 Å². The van der Waals surface area contributed by atoms with Crippen LogP contribution in [0, 0.1) is 5.92 Å². The van der Waals surface area contributed by atoms with Crippen molar-refractivity contribution in [3.05, 3.63) is 0 Å². The molecule has 1 heterocycles. The third-order valence-electron chi connectivity index (χ3n) is 2.14. The third kappa shape index (κ3) is 2.95. The van der Waals surface area contributed by atoms with Crippen molar-refractivity contribution in [1.82, 2.24) is 4.90 Å². The lowest BCUT2D eigenvalue weighted by Crippen LogP contribution is -2.45. The Balaban J connectivity index is 2.45. The van der Waals surface area contributed by atoms with E-state index < -0.39 is 0 Å². The van der Waals surface area contributed by atoms with Crippen LogP contribution in [0.4, 0.5) is 0 Å². The second-order valence-electron chi connectivity index (χ2n) is 3.58. The summed E-state index contributed by atoms with van der Waals surface area (Å²) in [6.45, 7) is 6.88. The van der Waals surface area contributed by atoms with Crippen molar-refractivity contribution in [3.8, 4) is 0 Å². The summed E-state index contributed by atoms with van der Waals surface area (Å²) in [7, 11) is 0. The van der Waals surface area contributed by atoms with Crippen LogP contribution in [0.1, 0.15) is 13.8 Å². The standard InChI is InChI=1S/C9H16BrNO2/c1-7(2)8(10)9(12)11-3-5-13-6-4-11/h7-8H,3-6H2,1-2H3. The van der Waals surface area contributed by atoms with E-state index in [1.165, 1.54) is 0 Å². The summed E-state index contributed by atoms with van der Waals surface area (Å²) in [4.78, 5) is 13.6. The van der Waals surface area contributed by atoms with Crippen molar-refractivity contribution in [2.75, 3.05) is 26.3 Å². The van der Waals surface area contributed by atoms with E-state index in [0.717, 1.165) is 13.1 Å². The average molecular weight is 250 g/mol. The van der Waals surface area contributed by atoms with Crippen molar-refractivity contribution >= 4 is 21.8 Å². The second-order valence-corrected chi connectivity index (χ2v) is 4.57. The summed E-state index contributed by atoms with van der Waals surface area (Å²) in [6.07, 6.45) is 0. The van der Waals surface area contributed by atoms with Gasteiger partial charge in [-0.05, 0) is 5.92 Å². The molecule has 0 saturated carbocycles. The van der Waals surface area contributed by atoms with Gasteiger partial charge in [-0.25, -0.2) is 0 Å². The molecule has 1 unspecified atom stereocenters. The smallest absolute Gasteiger partial charge is 0.236 e. The number of carbonyl (C=O) groups excluding carboxylic acids is 1. The Morgan fingerprint density at radius 3 is 2.38 bits per heavy atom. The van der Waals surface area contributed by atoms with Gasteiger partial charge in [-0.15, -0.1) is 0 Å². The van der Waals surface area contributed by atoms with Crippen LogP contribution in [0.25, 0.3) is 0 Å². The Morgan fingerprint density at radius 2 is 1.92 bits per heavy atom. The molecule has 1 atom stereocenters. The zero-order valence-corrected chi connectivity index (χ0v) is 9.71. The molecule has 1 aliphatic rings. The van der Waals surface area contributed by atoms with Gasteiger partial charge in [0.15, 0.2) is 0 Å². The lowest BCUT2D eigenvalue weighted by molar-refractivity contribution is -0.135. The Hall–Kier alpha value is -0.0900. The maximum Gasteiger partial charge on any atom is 0.236 e. The Morgan fingerprint density at radius 1 is 1.38 bits per heavy atom. The first-order chi connectivity index (χ1) is 6.13. The second kappa shape index (κ2) is 4.96. The summed E-state index contributed by atoms with van der Waals surface area (Å²) in [5, 5.41) is 0. The molecule has 0 bridgehead atoms. The number of carbonyl (C=O) groups is 1. The fourth-order valence-electron chi connectivity index (χ4n) is 1.24. The van der Waals surface area contributed by atoms with Gasteiger partial charge < -0.3 is 9.64 Å². The monoisotopic (exact) mass is 249 g/mol. The largest absolute Gasteiger partial charge is 0.378 e. The maximum absolute atomic E-state index is 11.8. The van der Waals surface area contributed by atoms with E-state index in [0.29, 0.717) is 19.1 Å². The highest BCUT2D eigenvalue weighted by atomic mass is 79.9. The first-order valence-electron chi connectivity index (χ1n) is 4.63. The van der Waals surface area contributed by atoms with Gasteiger partial charge in [0.1, 0.15) is 0 Å². The molecule has 0 aliphatic carbocycles. The molecule has 1 amide bonds. The zero-order chi connectivity index (χ0) is 9.84. The van der Waals surface area contributed by atoms with Gasteiger partial charge in [-0.1, -0.05) is 29.8 Å². The lowest BCUT2D eigenvalue weighted by Gasteiger charge is -2.29. The topological polar surface area (TPSA) is 29.5 Å². The van der Waals surface area contributed by atoms with Gasteiger partial charge in [-0.2, -0.15) is 0 Å². The van der Waals surface area contributed by atoms with Crippen LogP contribution in [0.3, 0.4) is 0 Å². The molecule has 1 fully saturated rings. The molecule has 0 aromatic carbocycles. The predicted molar refractivity (Wildman–Crippen MR) is 55.0 cm³/mol. The maximum atomic E-state index is 11.8. The van der Waals surface area contributed by atoms with Gasteiger partial charge >= 0.3 is 0 Å². The highest BCUT2D eigenvalue weighted by Crippen LogP contribution is 2.15. The number of halogens is 1. The molecule has 1 saturated heterocycles. The van der Waals surface area contributed by atoms with Crippen LogP contribution in [-0.2, 0) is 9.53 Å². The van der Waals surface area contributed by atoms with E-state index in [2.05, 4.69) is 15.9 Å². The molecule has 0 N–H and O–H groups in total. The van der Waals surface area contributed by atoms with Gasteiger partial charge in [-0.3, -0.25) is 4.79 Å². The highest BCUT2D eigenvalue weighted by Gasteiger charge is 2.25. The molecular formula is C9H16BrNO2. The molecule has 0 aromatic heterocycles. The molecule has 4 heteroatoms. The first-order valence-corrected chi connectivity index (χ1v) is 5.55. The first kappa shape index (κ1) is 11.0. The molecule has 3 nitrogen and oxygen atoms in total. The minimum atomic E-state index is -0.0504. The molecular weight excluding hydrogens is 234 g/mol. The quantitative estimate of drug-likeness (QED) is 0.690. The number of nitrogens with zero attached hydrogens (tertiary/aromatic N) is 1. The molecule has 0 aromatic rings. The minimum Gasteiger partial charge on any atom is -0.378 e. The molecule has 0 radical (unpaired) electrons. The van der Waals surface area contributed by atoms with E-state index in [-0.39, 0.29) is 10.7 Å². The Bertz CT molecular complexity index is 178. The van der Waals surface area contributed by atoms with E-state index in [1.807, 2.05) is 18.7 Å². The van der Waals surface area contributed by atoms with Gasteiger partial charge in [0.25, 0.3) is 0 Å². The van der Waals surface area contributed by atoms with Gasteiger partial charge in [0, 0.05) is 13.1 Å². The molecule has 1 rings (SSSR count). The van der Waals surface area contributed by atoms with Crippen molar-refractivity contribution in [2.45, 2.75) is 18.7 Å². The average Bonchev–Trinajstić information content (AvgIpc) is 2.17. The van der Waals surface area contributed by atoms with E-state index in [9.17, 15) is 4.79 Å². The number of alkyl halides is 1. The summed E-state index contributed by atoms with van der Waals surface area (Å²) in [6, 6.07) is 0. The van der Waals surface area contributed by atoms with Gasteiger partial charge in [0.05, 0.1) is 18.0 Å². The summed E-state index contributed by atoms with van der Waals surface area (Å²) >= 11 is 3.41. The predicted octanol–water partition coefficient (Wildman–Crippen LogP) is 1.26.